The lowest BCUT2D eigenvalue weighted by Crippen LogP contribution is -2.45. The first-order valence-electron chi connectivity index (χ1n) is 14.2. The smallest absolute Gasteiger partial charge is 0.423 e. The zero-order chi connectivity index (χ0) is 28.7. The molecule has 6 atom stereocenters. The summed E-state index contributed by atoms with van der Waals surface area (Å²) in [5, 5.41) is 0. The Bertz CT molecular complexity index is 1400. The van der Waals surface area contributed by atoms with Crippen molar-refractivity contribution < 1.29 is 27.5 Å². The van der Waals surface area contributed by atoms with Crippen molar-refractivity contribution in [2.75, 3.05) is 13.7 Å². The average molecular weight is 566 g/mol. The number of ether oxygens (including phenoxy) is 2. The zero-order valence-electron chi connectivity index (χ0n) is 23.7. The third-order valence-corrected chi connectivity index (χ3v) is 11.3. The molecule has 2 fully saturated rings. The van der Waals surface area contributed by atoms with Crippen LogP contribution >= 0.6 is 0 Å². The molecule has 0 aliphatic heterocycles. The average Bonchev–Trinajstić information content (AvgIpc) is 3.21. The van der Waals surface area contributed by atoms with Crippen molar-refractivity contribution in [1.82, 2.24) is 4.31 Å². The zero-order valence-corrected chi connectivity index (χ0v) is 24.5. The summed E-state index contributed by atoms with van der Waals surface area (Å²) in [4.78, 5) is 24.8. The molecule has 0 spiro atoms. The third kappa shape index (κ3) is 5.06. The number of hydrogen-bond donors (Lipinski definition) is 0. The highest BCUT2D eigenvalue weighted by atomic mass is 32.2. The van der Waals surface area contributed by atoms with E-state index >= 15 is 0 Å². The maximum absolute atomic E-state index is 13.3. The van der Waals surface area contributed by atoms with Crippen LogP contribution in [0.2, 0.25) is 0 Å². The Balaban J connectivity index is 1.40. The number of esters is 1. The van der Waals surface area contributed by atoms with Crippen molar-refractivity contribution >= 4 is 22.1 Å². The standard InChI is InChI=1S/C32H39NO6S/c1-21-11-14-25(15-12-21)40(36,37)33(31(35)38-4)19-7-9-24-20-29-28-16-13-23-8-5-6-10-26(23)27(28)17-18-32(29,3)30(24)39-22(2)34/h5-12,14-15,24,27-30H,13,16-20H2,1-4H3/b9-7+/t24-,27-,28-,29+,30+,32+/m1/s1. The van der Waals surface area contributed by atoms with Gasteiger partial charge in [0.15, 0.2) is 0 Å². The van der Waals surface area contributed by atoms with Crippen LogP contribution in [0, 0.1) is 30.1 Å². The van der Waals surface area contributed by atoms with Gasteiger partial charge < -0.3 is 9.47 Å². The summed E-state index contributed by atoms with van der Waals surface area (Å²) < 4.78 is 38.2. The molecule has 2 aromatic carbocycles. The monoisotopic (exact) mass is 565 g/mol. The number of carbonyl (C=O) groups is 2. The highest BCUT2D eigenvalue weighted by molar-refractivity contribution is 7.89. The van der Waals surface area contributed by atoms with Gasteiger partial charge in [0.25, 0.3) is 10.0 Å². The molecule has 0 bridgehead atoms. The minimum Gasteiger partial charge on any atom is -0.461 e. The second-order valence-corrected chi connectivity index (χ2v) is 13.7. The van der Waals surface area contributed by atoms with Gasteiger partial charge in [-0.25, -0.2) is 13.2 Å². The first-order valence-corrected chi connectivity index (χ1v) is 15.6. The molecule has 0 N–H and O–H groups in total. The van der Waals surface area contributed by atoms with E-state index in [-0.39, 0.29) is 34.8 Å². The minimum absolute atomic E-state index is 0.0257. The van der Waals surface area contributed by atoms with Crippen LogP contribution in [0.15, 0.2) is 65.6 Å². The number of nitrogens with zero attached hydrogens (tertiary/aromatic N) is 1. The van der Waals surface area contributed by atoms with Gasteiger partial charge in [0, 0.05) is 18.3 Å². The summed E-state index contributed by atoms with van der Waals surface area (Å²) in [5.41, 5.74) is 3.68. The molecule has 40 heavy (non-hydrogen) atoms. The van der Waals surface area contributed by atoms with Gasteiger partial charge in [-0.05, 0) is 80.0 Å². The molecule has 0 unspecified atom stereocenters. The van der Waals surface area contributed by atoms with Crippen LogP contribution in [0.1, 0.15) is 62.1 Å². The summed E-state index contributed by atoms with van der Waals surface area (Å²) >= 11 is 0. The van der Waals surface area contributed by atoms with E-state index in [2.05, 4.69) is 31.2 Å². The number of aryl methyl sites for hydroxylation is 2. The lowest BCUT2D eigenvalue weighted by atomic mass is 9.55. The fourth-order valence-corrected chi connectivity index (χ4v) is 8.98. The number of benzene rings is 2. The highest BCUT2D eigenvalue weighted by Gasteiger charge is 2.59. The van der Waals surface area contributed by atoms with E-state index in [4.69, 9.17) is 9.47 Å². The number of sulfonamides is 1. The maximum atomic E-state index is 13.3. The van der Waals surface area contributed by atoms with Crippen LogP contribution in [-0.4, -0.2) is 44.5 Å². The summed E-state index contributed by atoms with van der Waals surface area (Å²) in [7, 11) is -2.94. The van der Waals surface area contributed by atoms with Crippen LogP contribution in [0.25, 0.3) is 0 Å². The fraction of sp³-hybridized carbons (Fsp3) is 0.500. The van der Waals surface area contributed by atoms with Crippen molar-refractivity contribution in [2.24, 2.45) is 23.2 Å². The van der Waals surface area contributed by atoms with E-state index in [0.29, 0.717) is 17.8 Å². The molecular weight excluding hydrogens is 526 g/mol. The van der Waals surface area contributed by atoms with Crippen molar-refractivity contribution in [3.63, 3.8) is 0 Å². The van der Waals surface area contributed by atoms with E-state index in [1.165, 1.54) is 37.3 Å². The Morgan fingerprint density at radius 2 is 1.82 bits per heavy atom. The van der Waals surface area contributed by atoms with Gasteiger partial charge in [0.05, 0.1) is 18.6 Å². The van der Waals surface area contributed by atoms with E-state index in [1.54, 1.807) is 18.2 Å². The molecular formula is C32H39NO6S. The van der Waals surface area contributed by atoms with E-state index in [1.807, 2.05) is 13.0 Å². The lowest BCUT2D eigenvalue weighted by molar-refractivity contribution is -0.156. The third-order valence-electron chi connectivity index (χ3n) is 9.58. The SMILES string of the molecule is COC(=O)N(C/C=C/[C@@H]1C[C@H]2[C@@H]3CCc4ccccc4[C@H]3CC[C@]2(C)[C@H]1OC(C)=O)S(=O)(=O)c1ccc(C)cc1. The number of hydrogen-bond acceptors (Lipinski definition) is 6. The van der Waals surface area contributed by atoms with Crippen LogP contribution < -0.4 is 0 Å². The number of carbonyl (C=O) groups excluding carboxylic acids is 2. The second-order valence-electron chi connectivity index (χ2n) is 11.8. The predicted octanol–water partition coefficient (Wildman–Crippen LogP) is 6.02. The molecule has 0 radical (unpaired) electrons. The van der Waals surface area contributed by atoms with Crippen molar-refractivity contribution in [2.45, 2.75) is 69.8 Å². The molecule has 8 heteroatoms. The molecule has 2 saturated carbocycles. The quantitative estimate of drug-likeness (QED) is 0.314. The van der Waals surface area contributed by atoms with Gasteiger partial charge in [-0.15, -0.1) is 0 Å². The number of amides is 1. The Kier molecular flexibility index (Phi) is 7.83. The van der Waals surface area contributed by atoms with Crippen LogP contribution in [0.4, 0.5) is 4.79 Å². The van der Waals surface area contributed by atoms with E-state index < -0.39 is 16.1 Å². The largest absolute Gasteiger partial charge is 0.461 e. The van der Waals surface area contributed by atoms with E-state index in [0.717, 1.165) is 42.0 Å². The summed E-state index contributed by atoms with van der Waals surface area (Å²) in [6, 6.07) is 15.1. The van der Waals surface area contributed by atoms with Gasteiger partial charge in [0.1, 0.15) is 6.10 Å². The fourth-order valence-electron chi connectivity index (χ4n) is 7.69. The molecule has 0 heterocycles. The summed E-state index contributed by atoms with van der Waals surface area (Å²) in [5.74, 6) is 1.03. The van der Waals surface area contributed by atoms with Gasteiger partial charge >= 0.3 is 12.1 Å². The van der Waals surface area contributed by atoms with Gasteiger partial charge in [-0.2, -0.15) is 4.31 Å². The van der Waals surface area contributed by atoms with Crippen molar-refractivity contribution in [3.05, 3.63) is 77.4 Å². The Labute approximate surface area is 237 Å². The van der Waals surface area contributed by atoms with Crippen molar-refractivity contribution in [3.8, 4) is 0 Å². The van der Waals surface area contributed by atoms with E-state index in [9.17, 15) is 18.0 Å². The van der Waals surface area contributed by atoms with Gasteiger partial charge in [0.2, 0.25) is 0 Å². The van der Waals surface area contributed by atoms with Crippen LogP contribution in [0.3, 0.4) is 0 Å². The lowest BCUT2D eigenvalue weighted by Gasteiger charge is -2.50. The van der Waals surface area contributed by atoms with Crippen LogP contribution in [0.5, 0.6) is 0 Å². The molecule has 0 saturated heterocycles. The topological polar surface area (TPSA) is 90.0 Å². The normalized spacial score (nSPS) is 29.2. The minimum atomic E-state index is -4.11. The molecule has 1 amide bonds. The summed E-state index contributed by atoms with van der Waals surface area (Å²) in [6.07, 6.45) is 7.48. The Hall–Kier alpha value is -3.13. The molecule has 3 aliphatic rings. The molecule has 214 valence electrons. The number of methoxy groups -OCH3 is 1. The second kappa shape index (κ2) is 11.0. The molecule has 3 aliphatic carbocycles. The summed E-state index contributed by atoms with van der Waals surface area (Å²) in [6.45, 7) is 5.41. The maximum Gasteiger partial charge on any atom is 0.423 e. The molecule has 7 nitrogen and oxygen atoms in total. The Morgan fingerprint density at radius 1 is 1.10 bits per heavy atom. The molecule has 2 aromatic rings. The van der Waals surface area contributed by atoms with Gasteiger partial charge in [-0.1, -0.05) is 61.0 Å². The highest BCUT2D eigenvalue weighted by Crippen LogP contribution is 2.63. The van der Waals surface area contributed by atoms with Crippen LogP contribution in [-0.2, 0) is 30.7 Å². The van der Waals surface area contributed by atoms with Gasteiger partial charge in [-0.3, -0.25) is 4.79 Å². The first kappa shape index (κ1) is 28.4. The number of fused-ring (bicyclic) bond motifs is 5. The van der Waals surface area contributed by atoms with Crippen molar-refractivity contribution in [1.29, 1.82) is 0 Å². The molecule has 5 rings (SSSR count). The molecule has 0 aromatic heterocycles. The first-order chi connectivity index (χ1) is 19.1. The number of rotatable bonds is 6. The predicted molar refractivity (Wildman–Crippen MR) is 152 cm³/mol. The Morgan fingerprint density at radius 3 is 2.52 bits per heavy atom.